The predicted octanol–water partition coefficient (Wildman–Crippen LogP) is 17.3. The Morgan fingerprint density at radius 1 is 0.611 bits per heavy atom. The van der Waals surface area contributed by atoms with E-state index in [-0.39, 0.29) is 77.2 Å². The van der Waals surface area contributed by atoms with Gasteiger partial charge in [0, 0.05) is 38.9 Å². The van der Waals surface area contributed by atoms with E-state index in [9.17, 15) is 14.7 Å². The van der Waals surface area contributed by atoms with Gasteiger partial charge in [-0.25, -0.2) is 0 Å². The zero-order chi connectivity index (χ0) is 80.1. The SMILES string of the molecule is COC1C[C@]2(C)C(=CCC3C4(C)CC[C@H](C)[C@](C)(OC)[C@@H]4CC[C@@]32C)C2CC(C)(C)CC[C@]12C(=O)OC([C@@H]1OC(COCc2ccccc2)C(NC(=O)CCCCCCCCCCC(=O)OCc2ccccc2)C(C)C1O)[C@@H]1OC(C)[C@H](O[C@@H]2OCC(OCc3ccccc3)C(OCc3ccccc3)C2C)C2OC(C)(C)OC21. The van der Waals surface area contributed by atoms with Crippen LogP contribution in [0.4, 0.5) is 0 Å². The van der Waals surface area contributed by atoms with E-state index in [0.717, 1.165) is 112 Å². The molecule has 1 amide bonds. The summed E-state index contributed by atoms with van der Waals surface area (Å²) >= 11 is 0. The second-order valence-corrected chi connectivity index (χ2v) is 37.6. The Kier molecular flexibility index (Phi) is 27.5. The lowest BCUT2D eigenvalue weighted by atomic mass is 9.33. The normalized spacial score (nSPS) is 37.9. The summed E-state index contributed by atoms with van der Waals surface area (Å²) in [7, 11) is 3.71. The number of nitrogens with one attached hydrogen (secondary N) is 1. The maximum absolute atomic E-state index is 17.3. The molecule has 18 heteroatoms. The van der Waals surface area contributed by atoms with Gasteiger partial charge in [0.15, 0.2) is 18.2 Å². The van der Waals surface area contributed by atoms with Gasteiger partial charge in [0.25, 0.3) is 0 Å². The van der Waals surface area contributed by atoms with Crippen molar-refractivity contribution in [1.29, 1.82) is 0 Å². The van der Waals surface area contributed by atoms with Gasteiger partial charge in [-0.05, 0) is 166 Å². The highest BCUT2D eigenvalue weighted by atomic mass is 16.8. The summed E-state index contributed by atoms with van der Waals surface area (Å²) in [5.41, 5.74) is 3.41. The van der Waals surface area contributed by atoms with E-state index in [4.69, 9.17) is 61.6 Å². The summed E-state index contributed by atoms with van der Waals surface area (Å²) in [6, 6.07) is 39.2. The molecule has 0 aromatic heterocycles. The van der Waals surface area contributed by atoms with Gasteiger partial charge in [-0.2, -0.15) is 0 Å². The standard InChI is InChI=1S/C95H135NO17/c1-61-47-49-91(9)73-46-45-69-70-53-89(5,6)51-52-95(70,75(101-13)54-93(69,11)92(73,10)50-48-74(91)94(61,12)102-14)88(100)111-83(84-86-85(112-90(7,8)113-86)81(64(4)108-84)110-87-63(3)80(106-58-68-41-31-24-32-42-68)72(60-107-87)104-56-66-37-27-22-28-38-66)82-79(99)62(2)78(71(109-82)59-103-55-65-35-25-21-26-36-65)96-76(97)43-33-19-17-15-16-18-20-34-44-77(98)105-57-67-39-29-23-30-40-67/h21-32,35-42,45,61-64,70-75,78-87,99H,15-20,33-34,43-44,46-60H2,1-14H3,(H,96,97)/t61-,62?,63?,64?,70?,71?,72?,73?,74+,75?,78?,79?,80?,81-,82+,83?,84-,85?,86?,87-,91?,92-,93+,94-,95+/m0/s1. The third kappa shape index (κ3) is 18.1. The van der Waals surface area contributed by atoms with Crippen molar-refractivity contribution in [3.63, 3.8) is 0 Å². The number of benzene rings is 4. The number of methoxy groups -OCH3 is 2. The van der Waals surface area contributed by atoms with Gasteiger partial charge in [-0.1, -0.05) is 227 Å². The van der Waals surface area contributed by atoms with Crippen LogP contribution in [-0.4, -0.2) is 147 Å². The highest BCUT2D eigenvalue weighted by molar-refractivity contribution is 5.80. The molecule has 622 valence electrons. The number of amides is 1. The Morgan fingerprint density at radius 2 is 1.20 bits per heavy atom. The number of ether oxygens (including phenoxy) is 13. The quantitative estimate of drug-likeness (QED) is 0.0265. The molecule has 4 heterocycles. The van der Waals surface area contributed by atoms with Crippen LogP contribution in [0, 0.1) is 62.6 Å². The molecule has 9 aliphatic rings. The minimum atomic E-state index is -1.33. The first-order chi connectivity index (χ1) is 54.2. The van der Waals surface area contributed by atoms with Crippen LogP contribution < -0.4 is 5.32 Å². The average molecular weight is 1560 g/mol. The summed E-state index contributed by atoms with van der Waals surface area (Å²) in [4.78, 5) is 44.2. The average Bonchev–Trinajstić information content (AvgIpc) is 1.00. The number of esters is 2. The molecule has 4 aliphatic heterocycles. The number of aliphatic hydroxyl groups excluding tert-OH is 1. The van der Waals surface area contributed by atoms with E-state index in [1.807, 2.05) is 144 Å². The van der Waals surface area contributed by atoms with Gasteiger partial charge in [0.1, 0.15) is 54.7 Å². The fraction of sp³-hybridized carbons (Fsp3) is 0.695. The Morgan fingerprint density at radius 3 is 1.83 bits per heavy atom. The molecule has 0 bridgehead atoms. The fourth-order valence-electron chi connectivity index (χ4n) is 22.7. The second-order valence-electron chi connectivity index (χ2n) is 37.6. The van der Waals surface area contributed by atoms with Crippen molar-refractivity contribution in [2.45, 2.75) is 328 Å². The molecule has 4 aromatic rings. The van der Waals surface area contributed by atoms with E-state index in [0.29, 0.717) is 63.3 Å². The predicted molar refractivity (Wildman–Crippen MR) is 432 cm³/mol. The molecule has 0 spiro atoms. The molecule has 113 heavy (non-hydrogen) atoms. The lowest BCUT2D eigenvalue weighted by Crippen LogP contribution is -2.70. The molecule has 25 atom stereocenters. The van der Waals surface area contributed by atoms with Gasteiger partial charge < -0.3 is 72.0 Å². The Hall–Kier alpha value is -5.45. The monoisotopic (exact) mass is 1560 g/mol. The van der Waals surface area contributed by atoms with E-state index in [1.54, 1.807) is 7.11 Å². The van der Waals surface area contributed by atoms with Crippen LogP contribution in [0.5, 0.6) is 0 Å². The maximum Gasteiger partial charge on any atom is 0.315 e. The topological polar surface area (TPSA) is 203 Å². The van der Waals surface area contributed by atoms with Crippen molar-refractivity contribution in [3.05, 3.63) is 155 Å². The molecule has 0 radical (unpaired) electrons. The fourth-order valence-corrected chi connectivity index (χ4v) is 22.7. The van der Waals surface area contributed by atoms with Gasteiger partial charge in [-0.3, -0.25) is 14.4 Å². The summed E-state index contributed by atoms with van der Waals surface area (Å²) in [5, 5.41) is 16.9. The molecule has 4 saturated heterocycles. The van der Waals surface area contributed by atoms with E-state index >= 15 is 4.79 Å². The first-order valence-electron chi connectivity index (χ1n) is 43.2. The number of aliphatic hydroxyl groups is 1. The van der Waals surface area contributed by atoms with Crippen LogP contribution >= 0.6 is 0 Å². The number of rotatable bonds is 32. The van der Waals surface area contributed by atoms with Gasteiger partial charge in [0.2, 0.25) is 5.91 Å². The van der Waals surface area contributed by atoms with Gasteiger partial charge in [0.05, 0.1) is 69.1 Å². The highest BCUT2D eigenvalue weighted by Crippen LogP contribution is 2.76. The Labute approximate surface area is 674 Å². The number of unbranched alkanes of at least 4 members (excludes halogenated alkanes) is 7. The molecule has 8 fully saturated rings. The summed E-state index contributed by atoms with van der Waals surface area (Å²) < 4.78 is 90.2. The van der Waals surface area contributed by atoms with E-state index in [1.165, 1.54) is 5.57 Å². The van der Waals surface area contributed by atoms with Crippen LogP contribution in [-0.2, 0) is 102 Å². The lowest BCUT2D eigenvalue weighted by Gasteiger charge is -2.72. The molecule has 4 aromatic carbocycles. The van der Waals surface area contributed by atoms with Crippen LogP contribution in [0.3, 0.4) is 0 Å². The van der Waals surface area contributed by atoms with Crippen LogP contribution in [0.2, 0.25) is 0 Å². The summed E-state index contributed by atoms with van der Waals surface area (Å²) in [6.45, 7) is 28.4. The molecular weight excluding hydrogens is 1430 g/mol. The van der Waals surface area contributed by atoms with Crippen molar-refractivity contribution in [3.8, 4) is 0 Å². The summed E-state index contributed by atoms with van der Waals surface area (Å²) in [6.07, 6.45) is 7.26. The van der Waals surface area contributed by atoms with Crippen molar-refractivity contribution < 1.29 is 81.1 Å². The second kappa shape index (κ2) is 36.4. The molecule has 5 aliphatic carbocycles. The Balaban J connectivity index is 0.787. The van der Waals surface area contributed by atoms with E-state index < -0.39 is 109 Å². The zero-order valence-corrected chi connectivity index (χ0v) is 70.3. The molecule has 15 unspecified atom stereocenters. The Bertz CT molecular complexity index is 3770. The van der Waals surface area contributed by atoms with Crippen molar-refractivity contribution in [1.82, 2.24) is 5.32 Å². The van der Waals surface area contributed by atoms with Crippen LogP contribution in [0.15, 0.2) is 133 Å². The molecule has 18 nitrogen and oxygen atoms in total. The number of carbonyl (C=O) groups excluding carboxylic acids is 3. The molecule has 13 rings (SSSR count). The molecule has 4 saturated carbocycles. The first kappa shape index (κ1) is 85.4. The van der Waals surface area contributed by atoms with Gasteiger partial charge >= 0.3 is 11.9 Å². The van der Waals surface area contributed by atoms with Crippen molar-refractivity contribution in [2.24, 2.45) is 62.6 Å². The first-order valence-corrected chi connectivity index (χ1v) is 43.2. The number of carbonyl (C=O) groups is 3. The lowest BCUT2D eigenvalue weighted by molar-refractivity contribution is -0.317. The third-order valence-corrected chi connectivity index (χ3v) is 29.6. The number of fused-ring (bicyclic) bond motifs is 8. The largest absolute Gasteiger partial charge is 0.461 e. The number of hydrogen-bond donors (Lipinski definition) is 2. The van der Waals surface area contributed by atoms with Gasteiger partial charge in [-0.15, -0.1) is 0 Å². The molecular formula is C95H135NO17. The van der Waals surface area contributed by atoms with Crippen LogP contribution in [0.1, 0.15) is 227 Å². The highest BCUT2D eigenvalue weighted by Gasteiger charge is 2.73. The number of hydrogen-bond acceptors (Lipinski definition) is 17. The van der Waals surface area contributed by atoms with Crippen molar-refractivity contribution >= 4 is 17.8 Å². The minimum absolute atomic E-state index is 0.0303. The minimum Gasteiger partial charge on any atom is -0.461 e. The third-order valence-electron chi connectivity index (χ3n) is 29.6. The smallest absolute Gasteiger partial charge is 0.315 e. The van der Waals surface area contributed by atoms with Crippen molar-refractivity contribution in [2.75, 3.05) is 27.4 Å². The maximum atomic E-state index is 17.3. The number of allylic oxidation sites excluding steroid dienone is 2. The van der Waals surface area contributed by atoms with E-state index in [2.05, 4.69) is 78.9 Å². The zero-order valence-electron chi connectivity index (χ0n) is 70.3. The summed E-state index contributed by atoms with van der Waals surface area (Å²) in [5.74, 6) is -1.95. The molecule has 2 N–H and O–H groups in total. The van der Waals surface area contributed by atoms with Crippen LogP contribution in [0.25, 0.3) is 0 Å².